The van der Waals surface area contributed by atoms with Crippen molar-refractivity contribution in [2.45, 2.75) is 13.8 Å². The van der Waals surface area contributed by atoms with E-state index in [-0.39, 0.29) is 11.0 Å². The van der Waals surface area contributed by atoms with Crippen molar-refractivity contribution in [1.29, 1.82) is 0 Å². The van der Waals surface area contributed by atoms with Gasteiger partial charge in [0.25, 0.3) is 0 Å². The zero-order valence-electron chi connectivity index (χ0n) is 18.5. The lowest BCUT2D eigenvalue weighted by Gasteiger charge is -2.07. The van der Waals surface area contributed by atoms with Gasteiger partial charge in [-0.25, -0.2) is 4.98 Å². The monoisotopic (exact) mass is 457 g/mol. The van der Waals surface area contributed by atoms with E-state index < -0.39 is 0 Å². The van der Waals surface area contributed by atoms with Gasteiger partial charge < -0.3 is 14.5 Å². The van der Waals surface area contributed by atoms with Crippen LogP contribution in [0.25, 0.3) is 28.6 Å². The molecule has 1 heterocycles. The van der Waals surface area contributed by atoms with E-state index in [1.165, 1.54) is 6.08 Å². The second kappa shape index (κ2) is 9.67. The van der Waals surface area contributed by atoms with Gasteiger partial charge in [0, 0.05) is 17.3 Å². The lowest BCUT2D eigenvalue weighted by Crippen LogP contribution is -2.32. The van der Waals surface area contributed by atoms with Gasteiger partial charge in [-0.15, -0.1) is 0 Å². The van der Waals surface area contributed by atoms with Gasteiger partial charge in [0.1, 0.15) is 11.3 Å². The van der Waals surface area contributed by atoms with Crippen molar-refractivity contribution in [1.82, 2.24) is 10.3 Å². The molecular weight excluding hydrogens is 434 g/mol. The first-order valence-electron chi connectivity index (χ1n) is 10.3. The summed E-state index contributed by atoms with van der Waals surface area (Å²) >= 11 is 5.27. The van der Waals surface area contributed by atoms with E-state index >= 15 is 0 Å². The van der Waals surface area contributed by atoms with Crippen LogP contribution in [0.3, 0.4) is 0 Å². The first-order chi connectivity index (χ1) is 15.9. The predicted octanol–water partition coefficient (Wildman–Crippen LogP) is 5.65. The number of fused-ring (bicyclic) bond motifs is 1. The van der Waals surface area contributed by atoms with Gasteiger partial charge in [-0.2, -0.15) is 0 Å². The third kappa shape index (κ3) is 5.64. The molecule has 0 aliphatic rings. The fourth-order valence-electron chi connectivity index (χ4n) is 3.43. The average molecular weight is 458 g/mol. The summed E-state index contributed by atoms with van der Waals surface area (Å²) in [4.78, 5) is 16.8. The van der Waals surface area contributed by atoms with E-state index in [0.717, 1.165) is 28.0 Å². The third-order valence-corrected chi connectivity index (χ3v) is 5.10. The largest absolute Gasteiger partial charge is 0.497 e. The Bertz CT molecular complexity index is 1340. The maximum atomic E-state index is 12.2. The number of rotatable bonds is 5. The van der Waals surface area contributed by atoms with E-state index in [9.17, 15) is 4.79 Å². The lowest BCUT2D eigenvalue weighted by atomic mass is 10.1. The van der Waals surface area contributed by atoms with Crippen molar-refractivity contribution in [3.63, 3.8) is 0 Å². The standard InChI is InChI=1S/C26H23N3O3S/c1-16-12-17(2)14-19(13-16)25-28-22-15-20(7-10-23(22)32-25)27-26(33)29-24(30)11-6-18-4-8-21(31-3)9-5-18/h4-15H,1-3H3,(H2,27,29,30,33)/b11-6+. The Hall–Kier alpha value is -3.97. The molecule has 2 N–H and O–H groups in total. The summed E-state index contributed by atoms with van der Waals surface area (Å²) in [5.74, 6) is 0.989. The topological polar surface area (TPSA) is 76.4 Å². The molecule has 33 heavy (non-hydrogen) atoms. The van der Waals surface area contributed by atoms with Crippen LogP contribution in [0.1, 0.15) is 16.7 Å². The Labute approximate surface area is 197 Å². The van der Waals surface area contributed by atoms with Crippen LogP contribution in [0.4, 0.5) is 5.69 Å². The van der Waals surface area contributed by atoms with Crippen LogP contribution in [-0.2, 0) is 4.79 Å². The van der Waals surface area contributed by atoms with Crippen LogP contribution in [0, 0.1) is 13.8 Å². The van der Waals surface area contributed by atoms with E-state index in [0.29, 0.717) is 22.7 Å². The molecule has 0 saturated heterocycles. The van der Waals surface area contributed by atoms with Crippen molar-refractivity contribution in [2.24, 2.45) is 0 Å². The van der Waals surface area contributed by atoms with Gasteiger partial charge in [0.2, 0.25) is 11.8 Å². The number of amides is 1. The zero-order chi connectivity index (χ0) is 23.4. The SMILES string of the molecule is COc1ccc(/C=C/C(=O)NC(=S)Nc2ccc3oc(-c4cc(C)cc(C)c4)nc3c2)cc1. The second-order valence-corrected chi connectivity index (χ2v) is 8.04. The Morgan fingerprint density at radius 2 is 1.76 bits per heavy atom. The molecule has 6 nitrogen and oxygen atoms in total. The summed E-state index contributed by atoms with van der Waals surface area (Å²) in [5.41, 5.74) is 6.18. The highest BCUT2D eigenvalue weighted by Crippen LogP contribution is 2.27. The second-order valence-electron chi connectivity index (χ2n) is 7.63. The van der Waals surface area contributed by atoms with Crippen molar-refractivity contribution in [3.8, 4) is 17.2 Å². The highest BCUT2D eigenvalue weighted by Gasteiger charge is 2.10. The highest BCUT2D eigenvalue weighted by atomic mass is 32.1. The molecule has 4 rings (SSSR count). The van der Waals surface area contributed by atoms with Crippen LogP contribution in [0.5, 0.6) is 5.75 Å². The molecule has 0 radical (unpaired) electrons. The predicted molar refractivity (Wildman–Crippen MR) is 135 cm³/mol. The molecule has 0 bridgehead atoms. The molecule has 1 aromatic heterocycles. The third-order valence-electron chi connectivity index (χ3n) is 4.89. The fraction of sp³-hybridized carbons (Fsp3) is 0.115. The minimum absolute atomic E-state index is 0.191. The summed E-state index contributed by atoms with van der Waals surface area (Å²) in [7, 11) is 1.61. The number of hydrogen-bond donors (Lipinski definition) is 2. The zero-order valence-corrected chi connectivity index (χ0v) is 19.3. The number of nitrogens with zero attached hydrogens (tertiary/aromatic N) is 1. The van der Waals surface area contributed by atoms with Crippen LogP contribution >= 0.6 is 12.2 Å². The molecular formula is C26H23N3O3S. The molecule has 0 fully saturated rings. The number of thiocarbonyl (C=S) groups is 1. The minimum atomic E-state index is -0.331. The quantitative estimate of drug-likeness (QED) is 0.298. The first-order valence-corrected chi connectivity index (χ1v) is 10.7. The summed E-state index contributed by atoms with van der Waals surface area (Å²) in [5, 5.41) is 5.84. The summed E-state index contributed by atoms with van der Waals surface area (Å²) < 4.78 is 11.0. The van der Waals surface area contributed by atoms with Gasteiger partial charge in [-0.1, -0.05) is 29.3 Å². The Balaban J connectivity index is 1.41. The van der Waals surface area contributed by atoms with E-state index in [4.69, 9.17) is 21.4 Å². The van der Waals surface area contributed by atoms with Crippen LogP contribution < -0.4 is 15.4 Å². The molecule has 7 heteroatoms. The van der Waals surface area contributed by atoms with Crippen molar-refractivity contribution >= 4 is 46.1 Å². The molecule has 0 saturated carbocycles. The molecule has 3 aromatic carbocycles. The van der Waals surface area contributed by atoms with Crippen LogP contribution in [0.2, 0.25) is 0 Å². The number of anilines is 1. The lowest BCUT2D eigenvalue weighted by molar-refractivity contribution is -0.115. The fourth-order valence-corrected chi connectivity index (χ4v) is 3.65. The van der Waals surface area contributed by atoms with Crippen molar-refractivity contribution < 1.29 is 13.9 Å². The van der Waals surface area contributed by atoms with E-state index in [2.05, 4.69) is 21.7 Å². The Kier molecular flexibility index (Phi) is 6.51. The minimum Gasteiger partial charge on any atom is -0.497 e. The Morgan fingerprint density at radius 1 is 1.03 bits per heavy atom. The van der Waals surface area contributed by atoms with Gasteiger partial charge in [0.15, 0.2) is 10.7 Å². The summed E-state index contributed by atoms with van der Waals surface area (Å²) in [6.07, 6.45) is 3.13. The number of methoxy groups -OCH3 is 1. The van der Waals surface area contributed by atoms with Gasteiger partial charge in [-0.05, 0) is 80.2 Å². The molecule has 1 amide bonds. The molecule has 0 atom stereocenters. The summed E-state index contributed by atoms with van der Waals surface area (Å²) in [6, 6.07) is 19.0. The number of benzene rings is 3. The van der Waals surface area contributed by atoms with Crippen LogP contribution in [0.15, 0.2) is 71.2 Å². The van der Waals surface area contributed by atoms with Gasteiger partial charge in [0.05, 0.1) is 7.11 Å². The van der Waals surface area contributed by atoms with E-state index in [1.54, 1.807) is 13.2 Å². The van der Waals surface area contributed by atoms with Crippen molar-refractivity contribution in [2.75, 3.05) is 12.4 Å². The smallest absolute Gasteiger partial charge is 0.250 e. The first kappa shape index (κ1) is 22.2. The van der Waals surface area contributed by atoms with E-state index in [1.807, 2.05) is 68.4 Å². The normalized spacial score (nSPS) is 11.0. The summed E-state index contributed by atoms with van der Waals surface area (Å²) in [6.45, 7) is 4.09. The van der Waals surface area contributed by atoms with Crippen LogP contribution in [-0.4, -0.2) is 23.1 Å². The van der Waals surface area contributed by atoms with Crippen molar-refractivity contribution in [3.05, 3.63) is 83.4 Å². The molecule has 0 unspecified atom stereocenters. The highest BCUT2D eigenvalue weighted by molar-refractivity contribution is 7.80. The molecule has 4 aromatic rings. The molecule has 0 aliphatic carbocycles. The number of ether oxygens (including phenoxy) is 1. The number of nitrogens with one attached hydrogen (secondary N) is 2. The number of aryl methyl sites for hydroxylation is 2. The average Bonchev–Trinajstić information content (AvgIpc) is 3.21. The maximum Gasteiger partial charge on any atom is 0.250 e. The number of hydrogen-bond acceptors (Lipinski definition) is 5. The maximum absolute atomic E-state index is 12.2. The molecule has 166 valence electrons. The Morgan fingerprint density at radius 3 is 2.45 bits per heavy atom. The van der Waals surface area contributed by atoms with Gasteiger partial charge in [-0.3, -0.25) is 10.1 Å². The number of carbonyl (C=O) groups excluding carboxylic acids is 1. The number of aromatic nitrogens is 1. The number of carbonyl (C=O) groups is 1. The molecule has 0 aliphatic heterocycles. The number of oxazole rings is 1. The van der Waals surface area contributed by atoms with Gasteiger partial charge >= 0.3 is 0 Å². The molecule has 0 spiro atoms.